The van der Waals surface area contributed by atoms with Gasteiger partial charge < -0.3 is 14.5 Å². The molecule has 1 aromatic carbocycles. The van der Waals surface area contributed by atoms with Crippen molar-refractivity contribution < 1.29 is 9.53 Å². The van der Waals surface area contributed by atoms with Crippen LogP contribution in [0.1, 0.15) is 74.6 Å². The number of benzene rings is 1. The van der Waals surface area contributed by atoms with Crippen molar-refractivity contribution in [3.8, 4) is 5.75 Å². The van der Waals surface area contributed by atoms with Gasteiger partial charge in [-0.2, -0.15) is 0 Å². The first-order valence-corrected chi connectivity index (χ1v) is 11.6. The monoisotopic (exact) mass is 384 g/mol. The fraction of sp³-hybridized carbons (Fsp3) is 0.708. The lowest BCUT2D eigenvalue weighted by Gasteiger charge is -2.35. The Balaban J connectivity index is 1.22. The van der Waals surface area contributed by atoms with Crippen molar-refractivity contribution in [1.29, 1.82) is 0 Å². The lowest BCUT2D eigenvalue weighted by Crippen LogP contribution is -2.40. The van der Waals surface area contributed by atoms with Crippen LogP contribution < -0.4 is 4.74 Å². The largest absolute Gasteiger partial charge is 0.490 e. The van der Waals surface area contributed by atoms with Crippen LogP contribution in [0.4, 0.5) is 0 Å². The van der Waals surface area contributed by atoms with E-state index in [0.29, 0.717) is 6.10 Å². The molecule has 1 aromatic rings. The fourth-order valence-corrected chi connectivity index (χ4v) is 5.09. The van der Waals surface area contributed by atoms with Crippen LogP contribution in [0.15, 0.2) is 24.3 Å². The van der Waals surface area contributed by atoms with Gasteiger partial charge in [0.25, 0.3) is 5.91 Å². The summed E-state index contributed by atoms with van der Waals surface area (Å²) in [5.74, 6) is 2.00. The number of hydrogen-bond donors (Lipinski definition) is 0. The predicted octanol–water partition coefficient (Wildman–Crippen LogP) is 4.74. The standard InChI is InChI=1S/C24H36N2O2/c27-24(26-15-5-2-6-16-26)21-9-11-22(12-10-21)28-23-13-17-25(18-14-23)19-20-7-3-1-4-8-20/h9-12,20,23H,1-8,13-19H2. The molecule has 4 nitrogen and oxygen atoms in total. The summed E-state index contributed by atoms with van der Waals surface area (Å²) in [4.78, 5) is 17.2. The van der Waals surface area contributed by atoms with Crippen molar-refractivity contribution in [1.82, 2.24) is 9.80 Å². The van der Waals surface area contributed by atoms with Crippen LogP contribution in [0.2, 0.25) is 0 Å². The number of piperidine rings is 2. The van der Waals surface area contributed by atoms with E-state index in [9.17, 15) is 4.79 Å². The van der Waals surface area contributed by atoms with Crippen molar-refractivity contribution in [2.75, 3.05) is 32.7 Å². The van der Waals surface area contributed by atoms with Gasteiger partial charge in [-0.05, 0) is 75.1 Å². The van der Waals surface area contributed by atoms with Gasteiger partial charge in [0.05, 0.1) is 0 Å². The maximum atomic E-state index is 12.6. The average Bonchev–Trinajstić information content (AvgIpc) is 2.76. The normalized spacial score (nSPS) is 22.9. The smallest absolute Gasteiger partial charge is 0.253 e. The van der Waals surface area contributed by atoms with Gasteiger partial charge in [0.15, 0.2) is 0 Å². The predicted molar refractivity (Wildman–Crippen MR) is 113 cm³/mol. The highest BCUT2D eigenvalue weighted by molar-refractivity contribution is 5.94. The minimum absolute atomic E-state index is 0.169. The van der Waals surface area contributed by atoms with Crippen LogP contribution in [0.5, 0.6) is 5.75 Å². The van der Waals surface area contributed by atoms with Gasteiger partial charge in [0, 0.05) is 38.3 Å². The molecule has 0 spiro atoms. The molecule has 4 heteroatoms. The summed E-state index contributed by atoms with van der Waals surface area (Å²) in [5, 5.41) is 0. The summed E-state index contributed by atoms with van der Waals surface area (Å²) >= 11 is 0. The topological polar surface area (TPSA) is 32.8 Å². The molecule has 154 valence electrons. The van der Waals surface area contributed by atoms with E-state index < -0.39 is 0 Å². The summed E-state index contributed by atoms with van der Waals surface area (Å²) in [5.41, 5.74) is 0.788. The van der Waals surface area contributed by atoms with Gasteiger partial charge in [0.1, 0.15) is 11.9 Å². The third-order valence-corrected chi connectivity index (χ3v) is 6.82. The molecule has 2 heterocycles. The molecule has 1 saturated carbocycles. The van der Waals surface area contributed by atoms with E-state index in [0.717, 1.165) is 69.1 Å². The Morgan fingerprint density at radius 2 is 1.46 bits per heavy atom. The number of ether oxygens (including phenoxy) is 1. The van der Waals surface area contributed by atoms with Crippen molar-refractivity contribution in [2.24, 2.45) is 5.92 Å². The van der Waals surface area contributed by atoms with Crippen molar-refractivity contribution in [3.05, 3.63) is 29.8 Å². The highest BCUT2D eigenvalue weighted by Crippen LogP contribution is 2.26. The van der Waals surface area contributed by atoms with E-state index in [1.165, 1.54) is 45.1 Å². The molecular weight excluding hydrogens is 348 g/mol. The number of nitrogens with zero attached hydrogens (tertiary/aromatic N) is 2. The Hall–Kier alpha value is -1.55. The van der Waals surface area contributed by atoms with Crippen LogP contribution in [-0.2, 0) is 0 Å². The highest BCUT2D eigenvalue weighted by atomic mass is 16.5. The number of likely N-dealkylation sites (tertiary alicyclic amines) is 2. The molecule has 0 aromatic heterocycles. The summed E-state index contributed by atoms with van der Waals surface area (Å²) in [6.07, 6.45) is 13.2. The minimum Gasteiger partial charge on any atom is -0.490 e. The first-order chi connectivity index (χ1) is 13.8. The van der Waals surface area contributed by atoms with E-state index in [1.807, 2.05) is 29.2 Å². The lowest BCUT2D eigenvalue weighted by atomic mass is 9.88. The molecule has 0 N–H and O–H groups in total. The molecule has 1 aliphatic carbocycles. The number of hydrogen-bond acceptors (Lipinski definition) is 3. The molecule has 0 radical (unpaired) electrons. The minimum atomic E-state index is 0.169. The second-order valence-corrected chi connectivity index (χ2v) is 9.00. The van der Waals surface area contributed by atoms with Crippen molar-refractivity contribution in [3.63, 3.8) is 0 Å². The van der Waals surface area contributed by atoms with Crippen molar-refractivity contribution in [2.45, 2.75) is 70.3 Å². The fourth-order valence-electron chi connectivity index (χ4n) is 5.09. The summed E-state index contributed by atoms with van der Waals surface area (Å²) < 4.78 is 6.22. The molecule has 28 heavy (non-hydrogen) atoms. The summed E-state index contributed by atoms with van der Waals surface area (Å²) in [6.45, 7) is 5.41. The Bertz CT molecular complexity index is 610. The number of carbonyl (C=O) groups excluding carboxylic acids is 1. The molecule has 4 rings (SSSR count). The van der Waals surface area contributed by atoms with E-state index >= 15 is 0 Å². The van der Waals surface area contributed by atoms with Crippen LogP contribution >= 0.6 is 0 Å². The molecule has 3 aliphatic rings. The Morgan fingerprint density at radius 1 is 0.821 bits per heavy atom. The molecule has 0 unspecified atom stereocenters. The molecule has 0 atom stereocenters. The molecular formula is C24H36N2O2. The van der Waals surface area contributed by atoms with Gasteiger partial charge in [-0.3, -0.25) is 4.79 Å². The van der Waals surface area contributed by atoms with E-state index in [4.69, 9.17) is 4.74 Å². The first-order valence-electron chi connectivity index (χ1n) is 11.6. The van der Waals surface area contributed by atoms with Gasteiger partial charge >= 0.3 is 0 Å². The third kappa shape index (κ3) is 5.28. The van der Waals surface area contributed by atoms with E-state index in [1.54, 1.807) is 0 Å². The second-order valence-electron chi connectivity index (χ2n) is 9.00. The highest BCUT2D eigenvalue weighted by Gasteiger charge is 2.24. The SMILES string of the molecule is O=C(c1ccc(OC2CCN(CC3CCCCC3)CC2)cc1)N1CCCCC1. The third-order valence-electron chi connectivity index (χ3n) is 6.82. The molecule has 1 amide bonds. The Labute approximate surface area is 170 Å². The lowest BCUT2D eigenvalue weighted by molar-refractivity contribution is 0.0724. The van der Waals surface area contributed by atoms with Crippen LogP contribution in [0.25, 0.3) is 0 Å². The van der Waals surface area contributed by atoms with Crippen LogP contribution in [0, 0.1) is 5.92 Å². The summed E-state index contributed by atoms with van der Waals surface area (Å²) in [6, 6.07) is 7.83. The van der Waals surface area contributed by atoms with Gasteiger partial charge in [0.2, 0.25) is 0 Å². The van der Waals surface area contributed by atoms with Gasteiger partial charge in [-0.15, -0.1) is 0 Å². The van der Waals surface area contributed by atoms with Crippen molar-refractivity contribution >= 4 is 5.91 Å². The molecule has 2 aliphatic heterocycles. The number of amides is 1. The van der Waals surface area contributed by atoms with E-state index in [2.05, 4.69) is 4.90 Å². The molecule has 3 fully saturated rings. The first kappa shape index (κ1) is 19.8. The average molecular weight is 385 g/mol. The zero-order chi connectivity index (χ0) is 19.2. The molecule has 2 saturated heterocycles. The zero-order valence-corrected chi connectivity index (χ0v) is 17.3. The quantitative estimate of drug-likeness (QED) is 0.735. The zero-order valence-electron chi connectivity index (χ0n) is 17.3. The van der Waals surface area contributed by atoms with Gasteiger partial charge in [-0.25, -0.2) is 0 Å². The Kier molecular flexibility index (Phi) is 6.90. The van der Waals surface area contributed by atoms with Crippen LogP contribution in [-0.4, -0.2) is 54.5 Å². The second kappa shape index (κ2) is 9.78. The summed E-state index contributed by atoms with van der Waals surface area (Å²) in [7, 11) is 0. The number of rotatable bonds is 5. The maximum absolute atomic E-state index is 12.6. The maximum Gasteiger partial charge on any atom is 0.253 e. The van der Waals surface area contributed by atoms with E-state index in [-0.39, 0.29) is 5.91 Å². The molecule has 0 bridgehead atoms. The van der Waals surface area contributed by atoms with Gasteiger partial charge in [-0.1, -0.05) is 19.3 Å². The Morgan fingerprint density at radius 3 is 2.14 bits per heavy atom. The number of carbonyl (C=O) groups is 1. The van der Waals surface area contributed by atoms with Crippen LogP contribution in [0.3, 0.4) is 0 Å².